The third-order valence-electron chi connectivity index (χ3n) is 4.42. The number of nitrogens with zero attached hydrogens (tertiary/aromatic N) is 2. The van der Waals surface area contributed by atoms with E-state index in [4.69, 9.17) is 0 Å². The Hall–Kier alpha value is -2.21. The number of carbonyl (C=O) groups is 1. The number of rotatable bonds is 8. The minimum absolute atomic E-state index is 0.0290. The highest BCUT2D eigenvalue weighted by atomic mass is 16.1. The fraction of sp³-hybridized carbons (Fsp3) is 0.500. The molecule has 6 nitrogen and oxygen atoms in total. The number of benzene rings is 1. The molecule has 0 aliphatic heterocycles. The van der Waals surface area contributed by atoms with Gasteiger partial charge in [0.05, 0.1) is 37.3 Å². The van der Waals surface area contributed by atoms with Gasteiger partial charge in [0.2, 0.25) is 5.91 Å². The molecule has 2 rings (SSSR count). The van der Waals surface area contributed by atoms with Crippen molar-refractivity contribution in [2.24, 2.45) is 7.05 Å². The molecule has 1 heterocycles. The predicted octanol–water partition coefficient (Wildman–Crippen LogP) is -0.0930. The van der Waals surface area contributed by atoms with E-state index in [1.807, 2.05) is 18.2 Å². The zero-order chi connectivity index (χ0) is 17.5. The number of aromatic nitrogens is 2. The lowest BCUT2D eigenvalue weighted by Crippen LogP contribution is -3.12. The smallest absolute Gasteiger partial charge is 0.274 e. The number of quaternary nitrogens is 1. The normalized spacial score (nSPS) is 11.2. The number of likely N-dealkylation sites (N-methyl/N-ethyl adjacent to an activating group) is 1. The molecule has 0 aliphatic rings. The van der Waals surface area contributed by atoms with Gasteiger partial charge in [-0.1, -0.05) is 18.2 Å². The summed E-state index contributed by atoms with van der Waals surface area (Å²) in [5.74, 6) is 0.0290. The van der Waals surface area contributed by atoms with Crippen molar-refractivity contribution in [3.05, 3.63) is 40.3 Å². The van der Waals surface area contributed by atoms with Gasteiger partial charge in [-0.3, -0.25) is 9.59 Å². The first kappa shape index (κ1) is 18.1. The highest BCUT2D eigenvalue weighted by molar-refractivity contribution is 5.84. The van der Waals surface area contributed by atoms with Crippen LogP contribution in [-0.4, -0.2) is 41.9 Å². The molecule has 0 atom stereocenters. The number of hydrogen-bond donors (Lipinski definition) is 2. The molecule has 1 aromatic heterocycles. The van der Waals surface area contributed by atoms with Gasteiger partial charge >= 0.3 is 0 Å². The largest absolute Gasteiger partial charge is 0.350 e. The Morgan fingerprint density at radius 3 is 2.54 bits per heavy atom. The molecule has 2 N–H and O–H groups in total. The summed E-state index contributed by atoms with van der Waals surface area (Å²) < 4.78 is 1.35. The van der Waals surface area contributed by atoms with Gasteiger partial charge in [0.25, 0.3) is 5.56 Å². The Labute approximate surface area is 142 Å². The Balaban J connectivity index is 1.97. The van der Waals surface area contributed by atoms with Gasteiger partial charge in [-0.2, -0.15) is 5.10 Å². The lowest BCUT2D eigenvalue weighted by atomic mass is 10.1. The molecule has 6 heteroatoms. The summed E-state index contributed by atoms with van der Waals surface area (Å²) in [6, 6.07) is 7.42. The molecular weight excluding hydrogens is 304 g/mol. The summed E-state index contributed by atoms with van der Waals surface area (Å²) in [7, 11) is 1.64. The minimum Gasteiger partial charge on any atom is -0.350 e. The summed E-state index contributed by atoms with van der Waals surface area (Å²) in [6.45, 7) is 8.08. The van der Waals surface area contributed by atoms with Crippen LogP contribution in [0.1, 0.15) is 26.0 Å². The van der Waals surface area contributed by atoms with Crippen LogP contribution in [0.5, 0.6) is 0 Å². The van der Waals surface area contributed by atoms with E-state index in [2.05, 4.69) is 24.3 Å². The monoisotopic (exact) mass is 331 g/mol. The van der Waals surface area contributed by atoms with E-state index < -0.39 is 0 Å². The Morgan fingerprint density at radius 2 is 1.88 bits per heavy atom. The first-order valence-corrected chi connectivity index (χ1v) is 8.62. The van der Waals surface area contributed by atoms with Crippen molar-refractivity contribution >= 4 is 16.7 Å². The van der Waals surface area contributed by atoms with Crippen LogP contribution < -0.4 is 15.8 Å². The maximum atomic E-state index is 12.1. The van der Waals surface area contributed by atoms with Crippen LogP contribution in [0, 0.1) is 0 Å². The van der Waals surface area contributed by atoms with E-state index in [-0.39, 0.29) is 11.5 Å². The lowest BCUT2D eigenvalue weighted by molar-refractivity contribution is -0.895. The third-order valence-corrected chi connectivity index (χ3v) is 4.42. The number of fused-ring (bicyclic) bond motifs is 1. The first-order valence-electron chi connectivity index (χ1n) is 8.62. The number of hydrogen-bond acceptors (Lipinski definition) is 3. The second kappa shape index (κ2) is 8.59. The number of amides is 1. The van der Waals surface area contributed by atoms with Gasteiger partial charge in [-0.15, -0.1) is 0 Å². The molecule has 0 saturated carbocycles. The summed E-state index contributed by atoms with van der Waals surface area (Å²) in [5, 5.41) is 8.78. The van der Waals surface area contributed by atoms with E-state index in [1.54, 1.807) is 13.1 Å². The quantitative estimate of drug-likeness (QED) is 0.710. The summed E-state index contributed by atoms with van der Waals surface area (Å²) in [6.07, 6.45) is 0.904. The Bertz CT molecular complexity index is 750. The molecule has 24 heavy (non-hydrogen) atoms. The van der Waals surface area contributed by atoms with E-state index in [9.17, 15) is 9.59 Å². The number of nitrogens with one attached hydrogen (secondary N) is 2. The minimum atomic E-state index is -0.110. The predicted molar refractivity (Wildman–Crippen MR) is 95.2 cm³/mol. The van der Waals surface area contributed by atoms with Gasteiger partial charge in [0.15, 0.2) is 0 Å². The Morgan fingerprint density at radius 1 is 1.21 bits per heavy atom. The van der Waals surface area contributed by atoms with Gasteiger partial charge in [0.1, 0.15) is 0 Å². The SMILES string of the molecule is CC[NH+](CC)CCNC(=O)CCc1nn(C)c(=O)c2ccccc12. The molecule has 0 spiro atoms. The van der Waals surface area contributed by atoms with Crippen LogP contribution in [-0.2, 0) is 18.3 Å². The average Bonchev–Trinajstić information content (AvgIpc) is 2.60. The maximum Gasteiger partial charge on any atom is 0.274 e. The summed E-state index contributed by atoms with van der Waals surface area (Å²) in [4.78, 5) is 25.6. The second-order valence-electron chi connectivity index (χ2n) is 5.98. The molecule has 0 unspecified atom stereocenters. The van der Waals surface area contributed by atoms with Crippen molar-refractivity contribution in [3.8, 4) is 0 Å². The van der Waals surface area contributed by atoms with Crippen LogP contribution >= 0.6 is 0 Å². The molecule has 0 radical (unpaired) electrons. The van der Waals surface area contributed by atoms with Gasteiger partial charge in [-0.25, -0.2) is 4.68 Å². The second-order valence-corrected chi connectivity index (χ2v) is 5.98. The van der Waals surface area contributed by atoms with Crippen molar-refractivity contribution in [3.63, 3.8) is 0 Å². The highest BCUT2D eigenvalue weighted by Crippen LogP contribution is 2.14. The van der Waals surface area contributed by atoms with E-state index in [0.717, 1.165) is 30.7 Å². The van der Waals surface area contributed by atoms with Crippen LogP contribution in [0.3, 0.4) is 0 Å². The number of carbonyl (C=O) groups excluding carboxylic acids is 1. The first-order chi connectivity index (χ1) is 11.6. The highest BCUT2D eigenvalue weighted by Gasteiger charge is 2.11. The van der Waals surface area contributed by atoms with Crippen molar-refractivity contribution in [1.82, 2.24) is 15.1 Å². The van der Waals surface area contributed by atoms with Crippen LogP contribution in [0.15, 0.2) is 29.1 Å². The molecule has 130 valence electrons. The molecule has 0 fully saturated rings. The van der Waals surface area contributed by atoms with Crippen LogP contribution in [0.4, 0.5) is 0 Å². The van der Waals surface area contributed by atoms with Gasteiger partial charge in [-0.05, 0) is 19.9 Å². The average molecular weight is 331 g/mol. The van der Waals surface area contributed by atoms with Crippen molar-refractivity contribution in [2.45, 2.75) is 26.7 Å². The zero-order valence-electron chi connectivity index (χ0n) is 14.8. The number of aryl methyl sites for hydroxylation is 2. The molecule has 0 bridgehead atoms. The van der Waals surface area contributed by atoms with Crippen molar-refractivity contribution in [2.75, 3.05) is 26.2 Å². The Kier molecular flexibility index (Phi) is 6.49. The van der Waals surface area contributed by atoms with Gasteiger partial charge in [0, 0.05) is 25.3 Å². The molecule has 1 amide bonds. The molecule has 0 aliphatic carbocycles. The van der Waals surface area contributed by atoms with E-state index >= 15 is 0 Å². The fourth-order valence-corrected chi connectivity index (χ4v) is 2.86. The maximum absolute atomic E-state index is 12.1. The summed E-state index contributed by atoms with van der Waals surface area (Å²) >= 11 is 0. The standard InChI is InChI=1S/C18H26N4O2/c1-4-22(5-2)13-12-19-17(23)11-10-16-14-8-6-7-9-15(14)18(24)21(3)20-16/h6-9H,4-5,10-13H2,1-3H3,(H,19,23)/p+1. The van der Waals surface area contributed by atoms with Gasteiger partial charge < -0.3 is 10.2 Å². The topological polar surface area (TPSA) is 68.4 Å². The fourth-order valence-electron chi connectivity index (χ4n) is 2.86. The van der Waals surface area contributed by atoms with Crippen LogP contribution in [0.2, 0.25) is 0 Å². The summed E-state index contributed by atoms with van der Waals surface area (Å²) in [5.41, 5.74) is 0.679. The van der Waals surface area contributed by atoms with E-state index in [0.29, 0.717) is 24.8 Å². The molecular formula is C18H27N4O2+. The zero-order valence-corrected chi connectivity index (χ0v) is 14.8. The van der Waals surface area contributed by atoms with Crippen molar-refractivity contribution < 1.29 is 9.69 Å². The van der Waals surface area contributed by atoms with E-state index in [1.165, 1.54) is 9.58 Å². The third kappa shape index (κ3) is 4.41. The van der Waals surface area contributed by atoms with Crippen molar-refractivity contribution in [1.29, 1.82) is 0 Å². The van der Waals surface area contributed by atoms with Crippen LogP contribution in [0.25, 0.3) is 10.8 Å². The molecule has 1 aromatic carbocycles. The molecule has 2 aromatic rings. The molecule has 0 saturated heterocycles. The lowest BCUT2D eigenvalue weighted by Gasteiger charge is -2.15.